The van der Waals surface area contributed by atoms with Crippen LogP contribution >= 0.6 is 11.8 Å². The number of carbonyl (C=O) groups is 2. The van der Waals surface area contributed by atoms with Crippen LogP contribution in [0, 0.1) is 13.8 Å². The van der Waals surface area contributed by atoms with Crippen LogP contribution < -0.4 is 21.2 Å². The van der Waals surface area contributed by atoms with Crippen LogP contribution in [0.2, 0.25) is 0 Å². The lowest BCUT2D eigenvalue weighted by Gasteiger charge is -2.11. The molecule has 0 saturated carbocycles. The Morgan fingerprint density at radius 2 is 1.64 bits per heavy atom. The SMILES string of the molecule is COc1cc(C)c(N=C(N/N=C/c2ccc(C(N)=NC=Nc3ccc(C(F)F)cc3)cc2)SCOC(=O)CCNC(=O)OCc2ccccc2)c(C)c1. The number of nitrogens with two attached hydrogens (primary N) is 1. The molecule has 4 rings (SSSR count). The van der Waals surface area contributed by atoms with Gasteiger partial charge in [-0.05, 0) is 72.1 Å². The highest BCUT2D eigenvalue weighted by atomic mass is 32.2. The van der Waals surface area contributed by atoms with Crippen LogP contribution in [0.1, 0.15) is 46.2 Å². The van der Waals surface area contributed by atoms with Crippen LogP contribution in [0.4, 0.5) is 25.0 Å². The number of benzene rings is 4. The molecule has 0 atom stereocenters. The van der Waals surface area contributed by atoms with Crippen LogP contribution in [0.15, 0.2) is 111 Å². The van der Waals surface area contributed by atoms with Gasteiger partial charge in [0.05, 0.1) is 31.1 Å². The topological polar surface area (TPSA) is 161 Å². The third kappa shape index (κ3) is 13.5. The molecule has 15 heteroatoms. The summed E-state index contributed by atoms with van der Waals surface area (Å²) in [5.74, 6) is 0.334. The van der Waals surface area contributed by atoms with Gasteiger partial charge in [0, 0.05) is 17.7 Å². The number of rotatable bonds is 15. The highest BCUT2D eigenvalue weighted by Crippen LogP contribution is 2.29. The van der Waals surface area contributed by atoms with Gasteiger partial charge < -0.3 is 25.3 Å². The van der Waals surface area contributed by atoms with Gasteiger partial charge in [-0.1, -0.05) is 66.7 Å². The minimum atomic E-state index is -2.55. The summed E-state index contributed by atoms with van der Waals surface area (Å²) in [5.41, 5.74) is 14.1. The summed E-state index contributed by atoms with van der Waals surface area (Å²) in [6, 6.07) is 25.6. The molecule has 53 heavy (non-hydrogen) atoms. The maximum absolute atomic E-state index is 12.7. The van der Waals surface area contributed by atoms with Crippen LogP contribution in [0.3, 0.4) is 0 Å². The Labute approximate surface area is 310 Å². The number of carbonyl (C=O) groups excluding carboxylic acids is 2. The zero-order valence-electron chi connectivity index (χ0n) is 29.3. The number of thioether (sulfide) groups is 1. The number of aryl methyl sites for hydroxylation is 2. The van der Waals surface area contributed by atoms with Gasteiger partial charge in [-0.3, -0.25) is 10.2 Å². The summed E-state index contributed by atoms with van der Waals surface area (Å²) >= 11 is 1.13. The van der Waals surface area contributed by atoms with Crippen molar-refractivity contribution in [1.29, 1.82) is 0 Å². The third-order valence-electron chi connectivity index (χ3n) is 7.27. The average Bonchev–Trinajstić information content (AvgIpc) is 3.16. The lowest BCUT2D eigenvalue weighted by atomic mass is 10.1. The molecule has 0 heterocycles. The van der Waals surface area contributed by atoms with Gasteiger partial charge in [-0.2, -0.15) is 5.10 Å². The van der Waals surface area contributed by atoms with Crippen molar-refractivity contribution in [3.63, 3.8) is 0 Å². The van der Waals surface area contributed by atoms with Crippen LogP contribution in [0.5, 0.6) is 5.75 Å². The molecule has 276 valence electrons. The highest BCUT2D eigenvalue weighted by Gasteiger charge is 2.11. The lowest BCUT2D eigenvalue weighted by molar-refractivity contribution is -0.141. The number of esters is 1. The largest absolute Gasteiger partial charge is 0.497 e. The number of alkyl carbamates (subject to hydrolysis) is 1. The number of amides is 1. The fraction of sp³-hybridized carbons (Fsp3) is 0.211. The Morgan fingerprint density at radius 3 is 2.30 bits per heavy atom. The maximum atomic E-state index is 12.7. The van der Waals surface area contributed by atoms with Gasteiger partial charge in [-0.25, -0.2) is 28.6 Å². The molecule has 0 radical (unpaired) electrons. The molecule has 4 N–H and O–H groups in total. The molecular weight excluding hydrogens is 705 g/mol. The summed E-state index contributed by atoms with van der Waals surface area (Å²) < 4.78 is 41.4. The van der Waals surface area contributed by atoms with Crippen molar-refractivity contribution in [3.05, 3.63) is 124 Å². The van der Waals surface area contributed by atoms with Crippen molar-refractivity contribution < 1.29 is 32.6 Å². The van der Waals surface area contributed by atoms with E-state index in [1.54, 1.807) is 37.6 Å². The van der Waals surface area contributed by atoms with Gasteiger partial charge in [0.15, 0.2) is 5.17 Å². The lowest BCUT2D eigenvalue weighted by Crippen LogP contribution is -2.27. The van der Waals surface area contributed by atoms with E-state index in [1.165, 1.54) is 30.6 Å². The molecule has 0 bridgehead atoms. The van der Waals surface area contributed by atoms with Crippen molar-refractivity contribution in [3.8, 4) is 5.75 Å². The Balaban J connectivity index is 1.32. The molecule has 0 aliphatic carbocycles. The van der Waals surface area contributed by atoms with Gasteiger partial charge in [0.25, 0.3) is 6.43 Å². The van der Waals surface area contributed by atoms with Crippen LogP contribution in [-0.4, -0.2) is 55.2 Å². The van der Waals surface area contributed by atoms with E-state index in [0.717, 1.165) is 34.0 Å². The molecule has 4 aromatic rings. The second kappa shape index (κ2) is 20.7. The van der Waals surface area contributed by atoms with E-state index in [9.17, 15) is 18.4 Å². The quantitative estimate of drug-likeness (QED) is 0.0371. The van der Waals surface area contributed by atoms with Gasteiger partial charge in [0.1, 0.15) is 30.5 Å². The molecule has 0 aromatic heterocycles. The minimum Gasteiger partial charge on any atom is -0.497 e. The fourth-order valence-corrected chi connectivity index (χ4v) is 5.08. The number of halogens is 2. The standard InChI is InChI=1S/C38H39F2N7O5S/c1-25-19-32(50-3)20-26(2)34(25)46-37(53-24-52-33(48)17-18-42-38(49)51-22-28-7-5-4-6-8-28)47-45-21-27-9-11-30(12-10-27)36(41)44-23-43-31-15-13-29(14-16-31)35(39)40/h4-16,19-21,23,35H,17-18,22,24H2,1-3H3,(H,42,49)(H,46,47)(H2,41,43,44)/b45-21+. The van der Waals surface area contributed by atoms with Gasteiger partial charge >= 0.3 is 12.1 Å². The average molecular weight is 744 g/mol. The molecule has 0 saturated heterocycles. The molecule has 0 fully saturated rings. The number of aliphatic imine (C=N–C) groups is 3. The third-order valence-corrected chi connectivity index (χ3v) is 7.96. The molecule has 0 aliphatic rings. The first-order valence-corrected chi connectivity index (χ1v) is 17.2. The summed E-state index contributed by atoms with van der Waals surface area (Å²) in [4.78, 5) is 37.3. The summed E-state index contributed by atoms with van der Waals surface area (Å²) in [5, 5.41) is 7.23. The molecular formula is C38H39F2N7O5S. The zero-order valence-corrected chi connectivity index (χ0v) is 30.1. The van der Waals surface area contributed by atoms with Gasteiger partial charge in [0.2, 0.25) is 0 Å². The maximum Gasteiger partial charge on any atom is 0.407 e. The van der Waals surface area contributed by atoms with E-state index < -0.39 is 18.5 Å². The van der Waals surface area contributed by atoms with Crippen molar-refractivity contribution in [2.45, 2.75) is 33.3 Å². The van der Waals surface area contributed by atoms with Crippen molar-refractivity contribution in [2.75, 3.05) is 19.6 Å². The molecule has 0 aliphatic heterocycles. The van der Waals surface area contributed by atoms with Crippen LogP contribution in [-0.2, 0) is 20.9 Å². The number of nitrogens with zero attached hydrogens (tertiary/aromatic N) is 4. The van der Waals surface area contributed by atoms with E-state index in [4.69, 9.17) is 24.9 Å². The zero-order chi connectivity index (χ0) is 38.0. The second-order valence-corrected chi connectivity index (χ2v) is 12.1. The Morgan fingerprint density at radius 1 is 0.943 bits per heavy atom. The van der Waals surface area contributed by atoms with Gasteiger partial charge in [-0.15, -0.1) is 0 Å². The second-order valence-electron chi connectivity index (χ2n) is 11.2. The Bertz CT molecular complexity index is 1920. The normalized spacial score (nSPS) is 12.0. The predicted molar refractivity (Wildman–Crippen MR) is 205 cm³/mol. The van der Waals surface area contributed by atoms with E-state index >= 15 is 0 Å². The number of amidine groups is 2. The van der Waals surface area contributed by atoms with Crippen molar-refractivity contribution in [1.82, 2.24) is 10.7 Å². The minimum absolute atomic E-state index is 0.0503. The molecule has 12 nitrogen and oxygen atoms in total. The number of hydrogen-bond acceptors (Lipinski definition) is 9. The first-order valence-electron chi connectivity index (χ1n) is 16.2. The summed E-state index contributed by atoms with van der Waals surface area (Å²) in [6.07, 6.45) is -0.385. The van der Waals surface area contributed by atoms with E-state index in [1.807, 2.05) is 56.3 Å². The number of ether oxygens (including phenoxy) is 3. The van der Waals surface area contributed by atoms with Crippen molar-refractivity contribution in [2.24, 2.45) is 25.8 Å². The molecule has 4 aromatic carbocycles. The monoisotopic (exact) mass is 743 g/mol. The summed E-state index contributed by atoms with van der Waals surface area (Å²) in [7, 11) is 1.59. The first-order chi connectivity index (χ1) is 25.6. The molecule has 1 amide bonds. The summed E-state index contributed by atoms with van der Waals surface area (Å²) in [6.45, 7) is 3.99. The molecule has 0 spiro atoms. The number of hydrogen-bond donors (Lipinski definition) is 3. The highest BCUT2D eigenvalue weighted by molar-refractivity contribution is 8.13. The number of methoxy groups -OCH3 is 1. The van der Waals surface area contributed by atoms with Crippen molar-refractivity contribution >= 4 is 58.8 Å². The van der Waals surface area contributed by atoms with E-state index in [-0.39, 0.29) is 36.9 Å². The van der Waals surface area contributed by atoms with E-state index in [0.29, 0.717) is 27.9 Å². The van der Waals surface area contributed by atoms with E-state index in [2.05, 4.69) is 25.8 Å². The predicted octanol–water partition coefficient (Wildman–Crippen LogP) is 7.48. The molecule has 0 unspecified atom stereocenters. The fourth-order valence-electron chi connectivity index (χ4n) is 4.51. The number of nitrogens with one attached hydrogen (secondary N) is 2. The van der Waals surface area contributed by atoms with Crippen LogP contribution in [0.25, 0.3) is 0 Å². The number of alkyl halides is 2. The Kier molecular flexibility index (Phi) is 15.5. The smallest absolute Gasteiger partial charge is 0.407 e. The first kappa shape index (κ1) is 39.7. The Hall–Kier alpha value is -6.09. The number of hydrazone groups is 1.